The van der Waals surface area contributed by atoms with Crippen molar-refractivity contribution in [3.63, 3.8) is 0 Å². The summed E-state index contributed by atoms with van der Waals surface area (Å²) in [4.78, 5) is 11.8. The molecule has 0 heterocycles. The van der Waals surface area contributed by atoms with Gasteiger partial charge in [0.15, 0.2) is 6.61 Å². The van der Waals surface area contributed by atoms with Crippen molar-refractivity contribution in [2.75, 3.05) is 11.9 Å². The molecule has 0 saturated heterocycles. The Morgan fingerprint density at radius 3 is 2.55 bits per heavy atom. The number of hydrogen-bond acceptors (Lipinski definition) is 2. The van der Waals surface area contributed by atoms with Crippen molar-refractivity contribution >= 4 is 11.6 Å². The van der Waals surface area contributed by atoms with E-state index in [0.717, 1.165) is 5.69 Å². The van der Waals surface area contributed by atoms with Crippen LogP contribution in [-0.2, 0) is 4.79 Å². The standard InChI is InChI=1S/C17H19NO2/c1-13(2)14-7-6-8-15(11-14)18-17(19)12-20-16-9-4-3-5-10-16/h3-11,13H,12H2,1-2H3,(H,18,19). The second kappa shape index (κ2) is 6.75. The van der Waals surface area contributed by atoms with Crippen molar-refractivity contribution in [3.8, 4) is 5.75 Å². The number of rotatable bonds is 5. The lowest BCUT2D eigenvalue weighted by molar-refractivity contribution is -0.118. The highest BCUT2D eigenvalue weighted by atomic mass is 16.5. The SMILES string of the molecule is CC(C)c1cccc(NC(=O)COc2ccccc2)c1. The summed E-state index contributed by atoms with van der Waals surface area (Å²) in [5, 5.41) is 2.84. The van der Waals surface area contributed by atoms with Crippen LogP contribution in [0.2, 0.25) is 0 Å². The van der Waals surface area contributed by atoms with Crippen LogP contribution >= 0.6 is 0 Å². The first-order valence-electron chi connectivity index (χ1n) is 6.73. The van der Waals surface area contributed by atoms with Crippen molar-refractivity contribution in [2.24, 2.45) is 0 Å². The molecule has 2 aromatic rings. The average Bonchev–Trinajstić information content (AvgIpc) is 2.46. The fourth-order valence-electron chi connectivity index (χ4n) is 1.84. The van der Waals surface area contributed by atoms with E-state index in [1.165, 1.54) is 5.56 Å². The van der Waals surface area contributed by atoms with Gasteiger partial charge in [-0.25, -0.2) is 0 Å². The summed E-state index contributed by atoms with van der Waals surface area (Å²) in [6, 6.07) is 17.2. The first kappa shape index (κ1) is 14.1. The first-order valence-corrected chi connectivity index (χ1v) is 6.73. The lowest BCUT2D eigenvalue weighted by Crippen LogP contribution is -2.20. The van der Waals surface area contributed by atoms with Crippen molar-refractivity contribution in [2.45, 2.75) is 19.8 Å². The van der Waals surface area contributed by atoms with Gasteiger partial charge in [-0.05, 0) is 35.7 Å². The van der Waals surface area contributed by atoms with E-state index in [1.54, 1.807) is 0 Å². The smallest absolute Gasteiger partial charge is 0.262 e. The Morgan fingerprint density at radius 2 is 1.85 bits per heavy atom. The van der Waals surface area contributed by atoms with Crippen LogP contribution in [0.4, 0.5) is 5.69 Å². The molecule has 0 aliphatic heterocycles. The number of carbonyl (C=O) groups is 1. The highest BCUT2D eigenvalue weighted by Crippen LogP contribution is 2.18. The minimum absolute atomic E-state index is 0.00984. The Bertz CT molecular complexity index is 564. The molecule has 20 heavy (non-hydrogen) atoms. The van der Waals surface area contributed by atoms with Gasteiger partial charge in [-0.1, -0.05) is 44.2 Å². The molecule has 1 amide bonds. The maximum atomic E-state index is 11.8. The van der Waals surface area contributed by atoms with Crippen molar-refractivity contribution in [1.29, 1.82) is 0 Å². The molecule has 3 nitrogen and oxygen atoms in total. The van der Waals surface area contributed by atoms with Crippen molar-refractivity contribution in [3.05, 3.63) is 60.2 Å². The van der Waals surface area contributed by atoms with Gasteiger partial charge in [0.05, 0.1) is 0 Å². The highest BCUT2D eigenvalue weighted by molar-refractivity contribution is 5.91. The predicted molar refractivity (Wildman–Crippen MR) is 81.1 cm³/mol. The second-order valence-corrected chi connectivity index (χ2v) is 4.93. The lowest BCUT2D eigenvalue weighted by Gasteiger charge is -2.10. The van der Waals surface area contributed by atoms with Gasteiger partial charge in [-0.15, -0.1) is 0 Å². The summed E-state index contributed by atoms with van der Waals surface area (Å²) in [5.41, 5.74) is 2.00. The largest absolute Gasteiger partial charge is 0.484 e. The fraction of sp³-hybridized carbons (Fsp3) is 0.235. The zero-order chi connectivity index (χ0) is 14.4. The summed E-state index contributed by atoms with van der Waals surface area (Å²) >= 11 is 0. The minimum Gasteiger partial charge on any atom is -0.484 e. The van der Waals surface area contributed by atoms with Gasteiger partial charge in [-0.2, -0.15) is 0 Å². The van der Waals surface area contributed by atoms with Crippen LogP contribution in [-0.4, -0.2) is 12.5 Å². The monoisotopic (exact) mass is 269 g/mol. The zero-order valence-corrected chi connectivity index (χ0v) is 11.8. The molecular weight excluding hydrogens is 250 g/mol. The molecule has 0 unspecified atom stereocenters. The molecule has 1 N–H and O–H groups in total. The van der Waals surface area contributed by atoms with E-state index in [9.17, 15) is 4.79 Å². The molecule has 104 valence electrons. The maximum Gasteiger partial charge on any atom is 0.262 e. The molecule has 0 aliphatic rings. The van der Waals surface area contributed by atoms with E-state index in [0.29, 0.717) is 11.7 Å². The van der Waals surface area contributed by atoms with Crippen LogP contribution in [0.3, 0.4) is 0 Å². The molecule has 0 saturated carbocycles. The molecule has 0 aromatic heterocycles. The van der Waals surface area contributed by atoms with E-state index in [4.69, 9.17) is 4.74 Å². The van der Waals surface area contributed by atoms with Crippen LogP contribution in [0.25, 0.3) is 0 Å². The number of benzene rings is 2. The topological polar surface area (TPSA) is 38.3 Å². The Morgan fingerprint density at radius 1 is 1.10 bits per heavy atom. The Labute approximate surface area is 119 Å². The van der Waals surface area contributed by atoms with E-state index in [-0.39, 0.29) is 12.5 Å². The van der Waals surface area contributed by atoms with Gasteiger partial charge in [-0.3, -0.25) is 4.79 Å². The Balaban J connectivity index is 1.90. The molecular formula is C17H19NO2. The molecule has 0 atom stereocenters. The van der Waals surface area contributed by atoms with Crippen LogP contribution in [0, 0.1) is 0 Å². The number of para-hydroxylation sites is 1. The van der Waals surface area contributed by atoms with E-state index in [1.807, 2.05) is 48.5 Å². The lowest BCUT2D eigenvalue weighted by atomic mass is 10.0. The van der Waals surface area contributed by atoms with E-state index >= 15 is 0 Å². The van der Waals surface area contributed by atoms with Crippen molar-refractivity contribution in [1.82, 2.24) is 0 Å². The number of anilines is 1. The number of carbonyl (C=O) groups excluding carboxylic acids is 1. The van der Waals surface area contributed by atoms with Crippen molar-refractivity contribution < 1.29 is 9.53 Å². The van der Waals surface area contributed by atoms with Crippen LogP contribution in [0.1, 0.15) is 25.3 Å². The first-order chi connectivity index (χ1) is 9.65. The number of amides is 1. The van der Waals surface area contributed by atoms with Gasteiger partial charge in [0.25, 0.3) is 5.91 Å². The molecule has 0 fully saturated rings. The average molecular weight is 269 g/mol. The third-order valence-corrected chi connectivity index (χ3v) is 2.95. The summed E-state index contributed by atoms with van der Waals surface area (Å²) in [6.07, 6.45) is 0. The van der Waals surface area contributed by atoms with Gasteiger partial charge in [0.1, 0.15) is 5.75 Å². The predicted octanol–water partition coefficient (Wildman–Crippen LogP) is 3.83. The molecule has 0 bridgehead atoms. The minimum atomic E-state index is -0.158. The molecule has 2 aromatic carbocycles. The number of hydrogen-bond donors (Lipinski definition) is 1. The molecule has 0 radical (unpaired) electrons. The third-order valence-electron chi connectivity index (χ3n) is 2.95. The Kier molecular flexibility index (Phi) is 4.77. The molecule has 0 spiro atoms. The fourth-order valence-corrected chi connectivity index (χ4v) is 1.84. The van der Waals surface area contributed by atoms with Gasteiger partial charge >= 0.3 is 0 Å². The number of nitrogens with one attached hydrogen (secondary N) is 1. The number of ether oxygens (including phenoxy) is 1. The van der Waals surface area contributed by atoms with Crippen LogP contribution < -0.4 is 10.1 Å². The second-order valence-electron chi connectivity index (χ2n) is 4.93. The third kappa shape index (κ3) is 4.12. The summed E-state index contributed by atoms with van der Waals surface area (Å²) < 4.78 is 5.41. The highest BCUT2D eigenvalue weighted by Gasteiger charge is 2.05. The molecule has 0 aliphatic carbocycles. The molecule has 3 heteroatoms. The van der Waals surface area contributed by atoms with Gasteiger partial charge in [0, 0.05) is 5.69 Å². The summed E-state index contributed by atoms with van der Waals surface area (Å²) in [7, 11) is 0. The van der Waals surface area contributed by atoms with Gasteiger partial charge in [0.2, 0.25) is 0 Å². The van der Waals surface area contributed by atoms with Crippen LogP contribution in [0.5, 0.6) is 5.75 Å². The maximum absolute atomic E-state index is 11.8. The van der Waals surface area contributed by atoms with Gasteiger partial charge < -0.3 is 10.1 Å². The Hall–Kier alpha value is -2.29. The zero-order valence-electron chi connectivity index (χ0n) is 11.8. The normalized spacial score (nSPS) is 10.3. The van der Waals surface area contributed by atoms with E-state index in [2.05, 4.69) is 25.2 Å². The summed E-state index contributed by atoms with van der Waals surface area (Å²) in [6.45, 7) is 4.26. The summed E-state index contributed by atoms with van der Waals surface area (Å²) in [5.74, 6) is 0.973. The van der Waals surface area contributed by atoms with E-state index < -0.39 is 0 Å². The molecule has 2 rings (SSSR count). The quantitative estimate of drug-likeness (QED) is 0.896. The van der Waals surface area contributed by atoms with Crippen LogP contribution in [0.15, 0.2) is 54.6 Å².